The van der Waals surface area contributed by atoms with E-state index in [0.717, 1.165) is 17.7 Å². The van der Waals surface area contributed by atoms with Crippen molar-refractivity contribution in [3.8, 4) is 0 Å². The average Bonchev–Trinajstić information content (AvgIpc) is 2.98. The Labute approximate surface area is 144 Å². The van der Waals surface area contributed by atoms with Crippen LogP contribution in [-0.2, 0) is 11.2 Å². The molecule has 5 nitrogen and oxygen atoms in total. The highest BCUT2D eigenvalue weighted by atomic mass is 19.2. The van der Waals surface area contributed by atoms with Gasteiger partial charge in [-0.05, 0) is 36.2 Å². The number of H-pyrrole nitrogens is 1. The van der Waals surface area contributed by atoms with E-state index in [4.69, 9.17) is 0 Å². The number of hydrogen-bond acceptors (Lipinski definition) is 2. The first-order valence-electron chi connectivity index (χ1n) is 8.18. The maximum absolute atomic E-state index is 13.3. The zero-order valence-corrected chi connectivity index (χ0v) is 13.7. The van der Waals surface area contributed by atoms with E-state index in [-0.39, 0.29) is 17.4 Å². The van der Waals surface area contributed by atoms with E-state index in [0.29, 0.717) is 39.0 Å². The molecule has 3 rings (SSSR count). The zero-order valence-electron chi connectivity index (χ0n) is 13.7. The summed E-state index contributed by atoms with van der Waals surface area (Å²) in [6, 6.07) is 5.00. The molecule has 1 aliphatic rings. The molecule has 7 heteroatoms. The molecule has 0 aliphatic carbocycles. The molecule has 25 heavy (non-hydrogen) atoms. The van der Waals surface area contributed by atoms with Crippen molar-refractivity contribution in [3.63, 3.8) is 0 Å². The van der Waals surface area contributed by atoms with E-state index in [1.807, 2.05) is 6.07 Å². The van der Waals surface area contributed by atoms with Crippen LogP contribution in [0.2, 0.25) is 0 Å². The fourth-order valence-electron chi connectivity index (χ4n) is 2.94. The molecule has 1 saturated heterocycles. The molecular weight excluding hydrogens is 328 g/mol. The first-order valence-corrected chi connectivity index (χ1v) is 8.18. The van der Waals surface area contributed by atoms with Gasteiger partial charge in [0.2, 0.25) is 5.91 Å². The minimum atomic E-state index is -1.04. The molecule has 0 spiro atoms. The molecule has 2 aromatic rings. The van der Waals surface area contributed by atoms with Crippen molar-refractivity contribution >= 4 is 11.8 Å². The molecule has 1 aromatic heterocycles. The summed E-state index contributed by atoms with van der Waals surface area (Å²) >= 11 is 0. The number of nitrogens with zero attached hydrogens (tertiary/aromatic N) is 2. The first kappa shape index (κ1) is 17.1. The largest absolute Gasteiger partial charge is 0.367 e. The third-order valence-corrected chi connectivity index (χ3v) is 4.32. The number of hydrogen-bond donors (Lipinski definition) is 1. The summed E-state index contributed by atoms with van der Waals surface area (Å²) in [5, 5.41) is 0. The number of carbonyl (C=O) groups excluding carboxylic acids is 2. The van der Waals surface area contributed by atoms with Crippen LogP contribution < -0.4 is 0 Å². The average molecular weight is 347 g/mol. The Morgan fingerprint density at radius 3 is 2.48 bits per heavy atom. The molecule has 1 aliphatic heterocycles. The lowest BCUT2D eigenvalue weighted by molar-refractivity contribution is -0.130. The Balaban J connectivity index is 1.61. The van der Waals surface area contributed by atoms with Crippen LogP contribution in [0.3, 0.4) is 0 Å². The van der Waals surface area contributed by atoms with Crippen LogP contribution in [0.4, 0.5) is 8.78 Å². The highest BCUT2D eigenvalue weighted by Crippen LogP contribution is 2.14. The van der Waals surface area contributed by atoms with E-state index in [1.165, 1.54) is 6.07 Å². The number of aromatic nitrogens is 1. The van der Waals surface area contributed by atoms with Gasteiger partial charge in [0.05, 0.1) is 6.42 Å². The topological polar surface area (TPSA) is 56.4 Å². The predicted octanol–water partition coefficient (Wildman–Crippen LogP) is 2.21. The van der Waals surface area contributed by atoms with Crippen LogP contribution in [-0.4, -0.2) is 52.8 Å². The van der Waals surface area contributed by atoms with Gasteiger partial charge in [0, 0.05) is 44.1 Å². The third-order valence-electron chi connectivity index (χ3n) is 4.32. The number of amides is 2. The van der Waals surface area contributed by atoms with Crippen LogP contribution in [0.1, 0.15) is 22.3 Å². The van der Waals surface area contributed by atoms with Gasteiger partial charge < -0.3 is 14.8 Å². The summed E-state index contributed by atoms with van der Waals surface area (Å²) in [5.74, 6) is -2.35. The van der Waals surface area contributed by atoms with Crippen molar-refractivity contribution in [3.05, 3.63) is 59.4 Å². The first-order chi connectivity index (χ1) is 12.0. The number of benzene rings is 1. The van der Waals surface area contributed by atoms with Gasteiger partial charge in [0.15, 0.2) is 11.6 Å². The molecule has 1 fully saturated rings. The van der Waals surface area contributed by atoms with Gasteiger partial charge in [-0.25, -0.2) is 8.78 Å². The van der Waals surface area contributed by atoms with Crippen molar-refractivity contribution in [2.24, 2.45) is 0 Å². The van der Waals surface area contributed by atoms with Crippen LogP contribution in [0.15, 0.2) is 36.7 Å². The second kappa shape index (κ2) is 7.46. The molecule has 0 saturated carbocycles. The fraction of sp³-hybridized carbons (Fsp3) is 0.333. The second-order valence-corrected chi connectivity index (χ2v) is 6.05. The van der Waals surface area contributed by atoms with Crippen molar-refractivity contribution in [2.75, 3.05) is 26.2 Å². The van der Waals surface area contributed by atoms with E-state index in [1.54, 1.807) is 22.2 Å². The quantitative estimate of drug-likeness (QED) is 0.926. The van der Waals surface area contributed by atoms with E-state index in [2.05, 4.69) is 4.98 Å². The highest BCUT2D eigenvalue weighted by Gasteiger charge is 2.23. The third kappa shape index (κ3) is 4.04. The molecule has 0 bridgehead atoms. The van der Waals surface area contributed by atoms with Gasteiger partial charge in [0.1, 0.15) is 0 Å². The summed E-state index contributed by atoms with van der Waals surface area (Å²) in [6.07, 6.45) is 4.52. The van der Waals surface area contributed by atoms with Gasteiger partial charge in [0.25, 0.3) is 5.91 Å². The molecule has 2 heterocycles. The van der Waals surface area contributed by atoms with Crippen molar-refractivity contribution < 1.29 is 18.4 Å². The van der Waals surface area contributed by atoms with Crippen molar-refractivity contribution in [1.29, 1.82) is 0 Å². The molecule has 132 valence electrons. The smallest absolute Gasteiger partial charge is 0.254 e. The summed E-state index contributed by atoms with van der Waals surface area (Å²) in [7, 11) is 0. The van der Waals surface area contributed by atoms with Crippen LogP contribution in [0.5, 0.6) is 0 Å². The summed E-state index contributed by atoms with van der Waals surface area (Å²) in [5.41, 5.74) is 1.04. The number of carbonyl (C=O) groups is 2. The lowest BCUT2D eigenvalue weighted by Crippen LogP contribution is -2.38. The number of rotatable bonds is 3. The van der Waals surface area contributed by atoms with E-state index < -0.39 is 11.6 Å². The fourth-order valence-corrected chi connectivity index (χ4v) is 2.94. The van der Waals surface area contributed by atoms with Gasteiger partial charge in [-0.2, -0.15) is 0 Å². The van der Waals surface area contributed by atoms with Gasteiger partial charge in [-0.3, -0.25) is 9.59 Å². The predicted molar refractivity (Wildman–Crippen MR) is 88.0 cm³/mol. The maximum atomic E-state index is 13.3. The Bertz CT molecular complexity index is 762. The minimum Gasteiger partial charge on any atom is -0.367 e. The Morgan fingerprint density at radius 2 is 1.76 bits per heavy atom. The van der Waals surface area contributed by atoms with E-state index >= 15 is 0 Å². The molecule has 1 N–H and O–H groups in total. The SMILES string of the molecule is O=C(Cc1cc[nH]c1)N1CCCN(C(=O)c2ccc(F)c(F)c2)CC1. The number of halogens is 2. The van der Waals surface area contributed by atoms with Crippen molar-refractivity contribution in [2.45, 2.75) is 12.8 Å². The maximum Gasteiger partial charge on any atom is 0.254 e. The van der Waals surface area contributed by atoms with Crippen LogP contribution in [0.25, 0.3) is 0 Å². The monoisotopic (exact) mass is 347 g/mol. The molecule has 0 atom stereocenters. The lowest BCUT2D eigenvalue weighted by Gasteiger charge is -2.22. The second-order valence-electron chi connectivity index (χ2n) is 6.05. The Kier molecular flexibility index (Phi) is 5.11. The lowest BCUT2D eigenvalue weighted by atomic mass is 10.2. The molecule has 2 amide bonds. The molecule has 0 unspecified atom stereocenters. The summed E-state index contributed by atoms with van der Waals surface area (Å²) in [4.78, 5) is 31.1. The zero-order chi connectivity index (χ0) is 17.8. The normalized spacial score (nSPS) is 15.1. The van der Waals surface area contributed by atoms with Crippen LogP contribution in [0, 0.1) is 11.6 Å². The standard InChI is InChI=1S/C18H19F2N3O2/c19-15-3-2-14(11-16(15)20)18(25)23-7-1-6-22(8-9-23)17(24)10-13-4-5-21-12-13/h2-5,11-12,21H,1,6-10H2. The molecule has 1 aromatic carbocycles. The van der Waals surface area contributed by atoms with Crippen molar-refractivity contribution in [1.82, 2.24) is 14.8 Å². The highest BCUT2D eigenvalue weighted by molar-refractivity contribution is 5.94. The Hall–Kier alpha value is -2.70. The Morgan fingerprint density at radius 1 is 1.00 bits per heavy atom. The van der Waals surface area contributed by atoms with E-state index in [9.17, 15) is 18.4 Å². The van der Waals surface area contributed by atoms with Gasteiger partial charge >= 0.3 is 0 Å². The summed E-state index contributed by atoms with van der Waals surface area (Å²) in [6.45, 7) is 1.85. The number of aromatic amines is 1. The molecule has 0 radical (unpaired) electrons. The number of nitrogens with one attached hydrogen (secondary N) is 1. The summed E-state index contributed by atoms with van der Waals surface area (Å²) < 4.78 is 26.4. The van der Waals surface area contributed by atoms with Crippen LogP contribution >= 0.6 is 0 Å². The van der Waals surface area contributed by atoms with Gasteiger partial charge in [-0.1, -0.05) is 0 Å². The minimum absolute atomic E-state index is 0.0155. The van der Waals surface area contributed by atoms with Gasteiger partial charge in [-0.15, -0.1) is 0 Å². The molecular formula is C18H19F2N3O2.